The van der Waals surface area contributed by atoms with Crippen LogP contribution in [0.2, 0.25) is 0 Å². The first kappa shape index (κ1) is 18.5. The molecule has 2 aromatic carbocycles. The molecule has 2 amide bonds. The zero-order valence-electron chi connectivity index (χ0n) is 16.4. The topological polar surface area (TPSA) is 72.8 Å². The first-order chi connectivity index (χ1) is 14.5. The average Bonchev–Trinajstić information content (AvgIpc) is 3.43. The second-order valence-electron chi connectivity index (χ2n) is 7.44. The normalized spacial score (nSPS) is 15.3. The predicted octanol–water partition coefficient (Wildman–Crippen LogP) is 3.10. The maximum Gasteiger partial charge on any atom is 0.270 e. The summed E-state index contributed by atoms with van der Waals surface area (Å²) in [4.78, 5) is 27.2. The first-order valence-electron chi connectivity index (χ1n) is 9.78. The number of halogens is 1. The highest BCUT2D eigenvalue weighted by Gasteiger charge is 2.31. The van der Waals surface area contributed by atoms with Crippen molar-refractivity contribution in [2.24, 2.45) is 7.05 Å². The summed E-state index contributed by atoms with van der Waals surface area (Å²) >= 11 is 0. The molecule has 0 bridgehead atoms. The Hall–Kier alpha value is -3.55. The van der Waals surface area contributed by atoms with E-state index in [-0.39, 0.29) is 25.2 Å². The van der Waals surface area contributed by atoms with E-state index >= 15 is 0 Å². The fourth-order valence-electron chi connectivity index (χ4n) is 4.13. The number of rotatable bonds is 4. The van der Waals surface area contributed by atoms with Crippen LogP contribution in [-0.4, -0.2) is 29.7 Å². The van der Waals surface area contributed by atoms with Gasteiger partial charge in [0.05, 0.1) is 11.2 Å². The molecule has 1 aromatic heterocycles. The minimum absolute atomic E-state index is 0.0587. The molecule has 2 aliphatic heterocycles. The summed E-state index contributed by atoms with van der Waals surface area (Å²) in [6.07, 6.45) is 1.13. The Morgan fingerprint density at radius 2 is 2.00 bits per heavy atom. The highest BCUT2D eigenvalue weighted by atomic mass is 19.1. The quantitative estimate of drug-likeness (QED) is 0.719. The molecule has 154 valence electrons. The molecule has 7 nitrogen and oxygen atoms in total. The highest BCUT2D eigenvalue weighted by molar-refractivity contribution is 6.14. The van der Waals surface area contributed by atoms with Crippen molar-refractivity contribution in [1.82, 2.24) is 9.88 Å². The van der Waals surface area contributed by atoms with E-state index in [2.05, 4.69) is 5.32 Å². The number of aryl methyl sites for hydroxylation is 1. The molecule has 2 aliphatic rings. The van der Waals surface area contributed by atoms with Crippen molar-refractivity contribution in [3.63, 3.8) is 0 Å². The largest absolute Gasteiger partial charge is 0.454 e. The second-order valence-corrected chi connectivity index (χ2v) is 7.44. The van der Waals surface area contributed by atoms with Gasteiger partial charge in [0.25, 0.3) is 5.91 Å². The van der Waals surface area contributed by atoms with Crippen molar-refractivity contribution in [3.8, 4) is 11.5 Å². The maximum absolute atomic E-state index is 14.0. The lowest BCUT2D eigenvalue weighted by Crippen LogP contribution is -2.30. The number of fused-ring (bicyclic) bond motifs is 2. The second kappa shape index (κ2) is 7.05. The van der Waals surface area contributed by atoms with Gasteiger partial charge in [0.15, 0.2) is 11.5 Å². The molecule has 0 unspecified atom stereocenters. The lowest BCUT2D eigenvalue weighted by molar-refractivity contribution is -0.117. The van der Waals surface area contributed by atoms with Crippen LogP contribution >= 0.6 is 0 Å². The molecule has 3 heterocycles. The number of anilines is 1. The fourth-order valence-corrected chi connectivity index (χ4v) is 4.13. The van der Waals surface area contributed by atoms with Gasteiger partial charge < -0.3 is 24.3 Å². The van der Waals surface area contributed by atoms with E-state index in [1.54, 1.807) is 28.6 Å². The summed E-state index contributed by atoms with van der Waals surface area (Å²) in [5.74, 6) is 0.521. The van der Waals surface area contributed by atoms with Crippen LogP contribution in [0.4, 0.5) is 10.1 Å². The molecule has 5 rings (SSSR count). The molecule has 0 atom stereocenters. The monoisotopic (exact) mass is 409 g/mol. The van der Waals surface area contributed by atoms with Gasteiger partial charge in [-0.05, 0) is 42.3 Å². The van der Waals surface area contributed by atoms with Crippen LogP contribution in [-0.2, 0) is 18.4 Å². The maximum atomic E-state index is 14.0. The third-order valence-corrected chi connectivity index (χ3v) is 5.58. The highest BCUT2D eigenvalue weighted by Crippen LogP contribution is 2.36. The first-order valence-corrected chi connectivity index (χ1v) is 9.78. The molecule has 0 aliphatic carbocycles. The van der Waals surface area contributed by atoms with Crippen molar-refractivity contribution in [2.75, 3.05) is 18.2 Å². The number of carbonyl (C=O) groups is 2. The van der Waals surface area contributed by atoms with Crippen LogP contribution in [0.1, 0.15) is 28.9 Å². The molecule has 0 radical (unpaired) electrons. The van der Waals surface area contributed by atoms with Gasteiger partial charge in [0.1, 0.15) is 11.5 Å². The third kappa shape index (κ3) is 2.96. The molecular formula is C22H20FN3O4. The van der Waals surface area contributed by atoms with Gasteiger partial charge in [-0.1, -0.05) is 6.07 Å². The van der Waals surface area contributed by atoms with Crippen LogP contribution in [0.5, 0.6) is 11.5 Å². The number of nitrogens with zero attached hydrogens (tertiary/aromatic N) is 2. The Balaban J connectivity index is 1.50. The van der Waals surface area contributed by atoms with E-state index in [9.17, 15) is 14.0 Å². The van der Waals surface area contributed by atoms with Crippen LogP contribution in [0.15, 0.2) is 36.4 Å². The van der Waals surface area contributed by atoms with Crippen molar-refractivity contribution in [3.05, 3.63) is 53.5 Å². The Kier molecular flexibility index (Phi) is 4.34. The lowest BCUT2D eigenvalue weighted by atomic mass is 10.1. The van der Waals surface area contributed by atoms with Gasteiger partial charge in [-0.2, -0.15) is 0 Å². The van der Waals surface area contributed by atoms with Gasteiger partial charge >= 0.3 is 0 Å². The number of carbonyl (C=O) groups excluding carboxylic acids is 2. The standard InChI is InChI=1S/C22H20FN3O4/c1-25-16-6-5-14(23)10-15(16)20(26-8-2-3-19(26)27)21(25)22(28)24-11-13-4-7-17-18(9-13)30-12-29-17/h4-7,9-10H,2-3,8,11-12H2,1H3,(H,24,28). The Bertz CT molecular complexity index is 1190. The van der Waals surface area contributed by atoms with E-state index in [0.717, 1.165) is 5.56 Å². The third-order valence-electron chi connectivity index (χ3n) is 5.58. The molecule has 8 heteroatoms. The van der Waals surface area contributed by atoms with E-state index in [4.69, 9.17) is 9.47 Å². The molecule has 3 aromatic rings. The number of ether oxygens (including phenoxy) is 2. The Morgan fingerprint density at radius 1 is 1.17 bits per heavy atom. The van der Waals surface area contributed by atoms with E-state index in [1.807, 2.05) is 12.1 Å². The SMILES string of the molecule is Cn1c(C(=O)NCc2ccc3c(c2)OCO3)c(N2CCCC2=O)c2cc(F)ccc21. The van der Waals surface area contributed by atoms with Crippen LogP contribution in [0, 0.1) is 5.82 Å². The van der Waals surface area contributed by atoms with Crippen LogP contribution < -0.4 is 19.7 Å². The molecule has 1 N–H and O–H groups in total. The average molecular weight is 409 g/mol. The van der Waals surface area contributed by atoms with E-state index < -0.39 is 5.82 Å². The zero-order valence-corrected chi connectivity index (χ0v) is 16.4. The van der Waals surface area contributed by atoms with Gasteiger partial charge in [-0.3, -0.25) is 9.59 Å². The van der Waals surface area contributed by atoms with Crippen molar-refractivity contribution in [2.45, 2.75) is 19.4 Å². The molecule has 1 fully saturated rings. The molecule has 1 saturated heterocycles. The number of nitrogens with one attached hydrogen (secondary N) is 1. The fraction of sp³-hybridized carbons (Fsp3) is 0.273. The smallest absolute Gasteiger partial charge is 0.270 e. The van der Waals surface area contributed by atoms with E-state index in [1.165, 1.54) is 12.1 Å². The summed E-state index contributed by atoms with van der Waals surface area (Å²) in [7, 11) is 1.75. The molecule has 30 heavy (non-hydrogen) atoms. The van der Waals surface area contributed by atoms with Crippen LogP contribution in [0.3, 0.4) is 0 Å². The summed E-state index contributed by atoms with van der Waals surface area (Å²) in [5.41, 5.74) is 2.36. The van der Waals surface area contributed by atoms with Crippen molar-refractivity contribution >= 4 is 28.4 Å². The number of aromatic nitrogens is 1. The zero-order chi connectivity index (χ0) is 20.8. The van der Waals surface area contributed by atoms with Gasteiger partial charge in [0, 0.05) is 31.9 Å². The summed E-state index contributed by atoms with van der Waals surface area (Å²) < 4.78 is 26.4. The van der Waals surface area contributed by atoms with Crippen LogP contribution in [0.25, 0.3) is 10.9 Å². The Morgan fingerprint density at radius 3 is 2.80 bits per heavy atom. The minimum atomic E-state index is -0.409. The minimum Gasteiger partial charge on any atom is -0.454 e. The van der Waals surface area contributed by atoms with Crippen molar-refractivity contribution < 1.29 is 23.5 Å². The number of hydrogen-bond donors (Lipinski definition) is 1. The molecule has 0 spiro atoms. The summed E-state index contributed by atoms with van der Waals surface area (Å²) in [6, 6.07) is 9.85. The number of benzene rings is 2. The Labute approximate surface area is 172 Å². The predicted molar refractivity (Wildman–Crippen MR) is 108 cm³/mol. The van der Waals surface area contributed by atoms with Gasteiger partial charge in [-0.15, -0.1) is 0 Å². The van der Waals surface area contributed by atoms with E-state index in [0.29, 0.717) is 53.2 Å². The van der Waals surface area contributed by atoms with Gasteiger partial charge in [0.2, 0.25) is 12.7 Å². The summed E-state index contributed by atoms with van der Waals surface area (Å²) in [5, 5.41) is 3.47. The van der Waals surface area contributed by atoms with Gasteiger partial charge in [-0.25, -0.2) is 4.39 Å². The lowest BCUT2D eigenvalue weighted by Gasteiger charge is -2.18. The summed E-state index contributed by atoms with van der Waals surface area (Å²) in [6.45, 7) is 0.973. The number of amides is 2. The van der Waals surface area contributed by atoms with Crippen molar-refractivity contribution in [1.29, 1.82) is 0 Å². The number of hydrogen-bond acceptors (Lipinski definition) is 4. The molecular weight excluding hydrogens is 389 g/mol. The molecule has 0 saturated carbocycles.